The van der Waals surface area contributed by atoms with Gasteiger partial charge in [0.1, 0.15) is 5.69 Å². The van der Waals surface area contributed by atoms with Crippen molar-refractivity contribution < 1.29 is 14.6 Å². The lowest BCUT2D eigenvalue weighted by atomic mass is 10.0. The topological polar surface area (TPSA) is 64.4 Å². The summed E-state index contributed by atoms with van der Waals surface area (Å²) < 4.78 is 8.33. The van der Waals surface area contributed by atoms with E-state index in [1.165, 1.54) is 0 Å². The van der Waals surface area contributed by atoms with Crippen molar-refractivity contribution in [2.45, 2.75) is 39.0 Å². The fraction of sp³-hybridized carbons (Fsp3) is 0.267. The summed E-state index contributed by atoms with van der Waals surface area (Å²) >= 11 is 6.19. The van der Waals surface area contributed by atoms with Gasteiger partial charge in [-0.05, 0) is 37.1 Å². The second-order valence-electron chi connectivity index (χ2n) is 8.93. The van der Waals surface area contributed by atoms with Crippen molar-refractivity contribution in [2.75, 3.05) is 6.61 Å². The predicted molar refractivity (Wildman–Crippen MR) is 145 cm³/mol. The Hall–Kier alpha value is -3.57. The molecule has 4 aromatic rings. The summed E-state index contributed by atoms with van der Waals surface area (Å²) in [5.41, 5.74) is 4.80. The molecule has 0 aliphatic heterocycles. The van der Waals surface area contributed by atoms with E-state index < -0.39 is 5.97 Å². The second kappa shape index (κ2) is 12.4. The number of benzene rings is 3. The van der Waals surface area contributed by atoms with Crippen LogP contribution in [0.2, 0.25) is 5.02 Å². The van der Waals surface area contributed by atoms with Gasteiger partial charge in [0.05, 0.1) is 23.9 Å². The largest absolute Gasteiger partial charge is 0.481 e. The zero-order chi connectivity index (χ0) is 25.3. The molecular formula is C30H31ClN2O3. The normalized spacial score (nSPS) is 11.8. The number of unbranched alkanes of at least 4 members (excludes halogenated alkanes) is 3. The second-order valence-corrected chi connectivity index (χ2v) is 9.36. The first-order chi connectivity index (χ1) is 17.5. The Morgan fingerprint density at radius 2 is 1.50 bits per heavy atom. The van der Waals surface area contributed by atoms with Crippen LogP contribution < -0.4 is 4.74 Å². The molecule has 1 heterocycles. The summed E-state index contributed by atoms with van der Waals surface area (Å²) in [5, 5.41) is 9.71. The average molecular weight is 503 g/mol. The third-order valence-electron chi connectivity index (χ3n) is 6.21. The number of hydrogen-bond acceptors (Lipinski definition) is 3. The van der Waals surface area contributed by atoms with Crippen molar-refractivity contribution in [1.82, 2.24) is 9.55 Å². The maximum Gasteiger partial charge on any atom is 0.306 e. The Kier molecular flexibility index (Phi) is 8.80. The van der Waals surface area contributed by atoms with E-state index in [-0.39, 0.29) is 5.92 Å². The molecule has 0 saturated heterocycles. The Labute approximate surface area is 217 Å². The number of carbonyl (C=O) groups is 1. The zero-order valence-corrected chi connectivity index (χ0v) is 21.2. The van der Waals surface area contributed by atoms with Crippen LogP contribution in [0.5, 0.6) is 6.01 Å². The van der Waals surface area contributed by atoms with E-state index in [1.54, 1.807) is 6.92 Å². The molecule has 1 unspecified atom stereocenters. The van der Waals surface area contributed by atoms with Crippen LogP contribution >= 0.6 is 11.6 Å². The van der Waals surface area contributed by atoms with Crippen LogP contribution in [-0.4, -0.2) is 27.2 Å². The fourth-order valence-electron chi connectivity index (χ4n) is 4.18. The van der Waals surface area contributed by atoms with Crippen LogP contribution in [0.3, 0.4) is 0 Å². The Morgan fingerprint density at radius 3 is 2.14 bits per heavy atom. The monoisotopic (exact) mass is 502 g/mol. The molecule has 5 nitrogen and oxygen atoms in total. The summed E-state index contributed by atoms with van der Waals surface area (Å²) in [6.07, 6.45) is 4.44. The first kappa shape index (κ1) is 25.5. The number of imidazole rings is 1. The van der Waals surface area contributed by atoms with E-state index in [1.807, 2.05) is 60.7 Å². The molecule has 0 aliphatic rings. The lowest BCUT2D eigenvalue weighted by Crippen LogP contribution is -2.09. The summed E-state index contributed by atoms with van der Waals surface area (Å²) in [6, 6.07) is 28.6. The SMILES string of the molecule is CC(CCCCCCOc1nc(-c2ccccc2)c(-c2ccccc2)n1-c1ccc(Cl)cc1)C(=O)O. The number of aliphatic carboxylic acids is 1. The summed E-state index contributed by atoms with van der Waals surface area (Å²) in [7, 11) is 0. The molecule has 1 atom stereocenters. The van der Waals surface area contributed by atoms with Crippen molar-refractivity contribution in [1.29, 1.82) is 0 Å². The van der Waals surface area contributed by atoms with Crippen LogP contribution in [0.15, 0.2) is 84.9 Å². The van der Waals surface area contributed by atoms with Gasteiger partial charge >= 0.3 is 12.0 Å². The van der Waals surface area contributed by atoms with E-state index in [0.717, 1.165) is 53.9 Å². The van der Waals surface area contributed by atoms with Crippen LogP contribution in [0.1, 0.15) is 39.0 Å². The molecule has 0 amide bonds. The maximum atomic E-state index is 11.0. The summed E-state index contributed by atoms with van der Waals surface area (Å²) in [5.74, 6) is -1.02. The van der Waals surface area contributed by atoms with E-state index in [0.29, 0.717) is 24.1 Å². The zero-order valence-electron chi connectivity index (χ0n) is 20.4. The van der Waals surface area contributed by atoms with E-state index in [2.05, 4.69) is 28.8 Å². The first-order valence-electron chi connectivity index (χ1n) is 12.4. The molecule has 6 heteroatoms. The van der Waals surface area contributed by atoms with Gasteiger partial charge in [0, 0.05) is 16.1 Å². The number of carboxylic acid groups (broad SMARTS) is 1. The lowest BCUT2D eigenvalue weighted by molar-refractivity contribution is -0.141. The van der Waals surface area contributed by atoms with Gasteiger partial charge in [-0.25, -0.2) is 0 Å². The summed E-state index contributed by atoms with van der Waals surface area (Å²) in [4.78, 5) is 16.0. The molecule has 1 aromatic heterocycles. The number of halogens is 1. The Balaban J connectivity index is 1.61. The molecule has 0 saturated carbocycles. The van der Waals surface area contributed by atoms with Gasteiger partial charge in [-0.2, -0.15) is 4.98 Å². The third-order valence-corrected chi connectivity index (χ3v) is 6.46. The molecule has 0 fully saturated rings. The van der Waals surface area contributed by atoms with Crippen molar-refractivity contribution >= 4 is 17.6 Å². The van der Waals surface area contributed by atoms with E-state index in [9.17, 15) is 4.79 Å². The quantitative estimate of drug-likeness (QED) is 0.200. The minimum atomic E-state index is -0.726. The molecule has 36 heavy (non-hydrogen) atoms. The van der Waals surface area contributed by atoms with Crippen molar-refractivity contribution in [2.24, 2.45) is 5.92 Å². The highest BCUT2D eigenvalue weighted by Crippen LogP contribution is 2.38. The first-order valence-corrected chi connectivity index (χ1v) is 12.8. The molecule has 4 rings (SSSR count). The van der Waals surface area contributed by atoms with Gasteiger partial charge in [-0.1, -0.05) is 98.5 Å². The van der Waals surface area contributed by atoms with Crippen LogP contribution in [0.4, 0.5) is 0 Å². The van der Waals surface area contributed by atoms with Gasteiger partial charge in [-0.15, -0.1) is 0 Å². The van der Waals surface area contributed by atoms with Gasteiger partial charge in [-0.3, -0.25) is 9.36 Å². The lowest BCUT2D eigenvalue weighted by Gasteiger charge is -2.14. The molecular weight excluding hydrogens is 472 g/mol. The minimum Gasteiger partial charge on any atom is -0.481 e. The summed E-state index contributed by atoms with van der Waals surface area (Å²) in [6.45, 7) is 2.29. The Morgan fingerprint density at radius 1 is 0.889 bits per heavy atom. The van der Waals surface area contributed by atoms with E-state index >= 15 is 0 Å². The fourth-order valence-corrected chi connectivity index (χ4v) is 4.30. The number of rotatable bonds is 12. The van der Waals surface area contributed by atoms with Crippen molar-refractivity contribution in [3.8, 4) is 34.2 Å². The number of aromatic nitrogens is 2. The highest BCUT2D eigenvalue weighted by atomic mass is 35.5. The molecule has 1 N–H and O–H groups in total. The van der Waals surface area contributed by atoms with Gasteiger partial charge < -0.3 is 9.84 Å². The standard InChI is InChI=1S/C30H31ClN2O3/c1-22(29(34)35)12-6-2-3-11-21-36-30-32-27(23-13-7-4-8-14-23)28(24-15-9-5-10-16-24)33(30)26-19-17-25(31)18-20-26/h4-5,7-10,13-20,22H,2-3,6,11-12,21H2,1H3,(H,34,35). The predicted octanol–water partition coefficient (Wildman–Crippen LogP) is 7.91. The minimum absolute atomic E-state index is 0.291. The number of carboxylic acids is 1. The Bertz CT molecular complexity index is 1250. The van der Waals surface area contributed by atoms with Crippen molar-refractivity contribution in [3.63, 3.8) is 0 Å². The number of ether oxygens (including phenoxy) is 1. The third kappa shape index (κ3) is 6.35. The van der Waals surface area contributed by atoms with E-state index in [4.69, 9.17) is 26.4 Å². The molecule has 3 aromatic carbocycles. The molecule has 0 bridgehead atoms. The van der Waals surface area contributed by atoms with Gasteiger partial charge in [0.2, 0.25) is 0 Å². The maximum absolute atomic E-state index is 11.0. The van der Waals surface area contributed by atoms with Crippen LogP contribution in [0, 0.1) is 5.92 Å². The van der Waals surface area contributed by atoms with Gasteiger partial charge in [0.25, 0.3) is 0 Å². The highest BCUT2D eigenvalue weighted by molar-refractivity contribution is 6.30. The van der Waals surface area contributed by atoms with Crippen molar-refractivity contribution in [3.05, 3.63) is 90.0 Å². The molecule has 0 spiro atoms. The van der Waals surface area contributed by atoms with Crippen LogP contribution in [0.25, 0.3) is 28.2 Å². The van der Waals surface area contributed by atoms with Crippen LogP contribution in [-0.2, 0) is 4.79 Å². The molecule has 186 valence electrons. The number of nitrogens with zero attached hydrogens (tertiary/aromatic N) is 2. The smallest absolute Gasteiger partial charge is 0.306 e. The highest BCUT2D eigenvalue weighted by Gasteiger charge is 2.22. The number of hydrogen-bond donors (Lipinski definition) is 1. The molecule has 0 radical (unpaired) electrons. The molecule has 0 aliphatic carbocycles. The average Bonchev–Trinajstić information content (AvgIpc) is 3.28. The van der Waals surface area contributed by atoms with Gasteiger partial charge in [0.15, 0.2) is 0 Å².